The molecule has 204 valence electrons. The molecule has 0 saturated carbocycles. The summed E-state index contributed by atoms with van der Waals surface area (Å²) in [5.74, 6) is -2.04. The Hall–Kier alpha value is -4.64. The number of hydrazone groups is 1. The Kier molecular flexibility index (Phi) is 6.30. The van der Waals surface area contributed by atoms with Gasteiger partial charge in [0.05, 0.1) is 32.0 Å². The van der Waals surface area contributed by atoms with Crippen LogP contribution in [-0.4, -0.2) is 51.1 Å². The van der Waals surface area contributed by atoms with Gasteiger partial charge in [-0.1, -0.05) is 24.3 Å². The van der Waals surface area contributed by atoms with Crippen LogP contribution in [-0.2, 0) is 25.0 Å². The van der Waals surface area contributed by atoms with E-state index in [0.29, 0.717) is 30.5 Å². The van der Waals surface area contributed by atoms with Crippen molar-refractivity contribution in [1.82, 2.24) is 24.9 Å². The lowest BCUT2D eigenvalue weighted by Crippen LogP contribution is -2.58. The molecule has 11 heteroatoms. The first-order valence-electron chi connectivity index (χ1n) is 12.7. The number of ether oxygens (including phenoxy) is 1. The molecular weight excluding hydrogens is 516 g/mol. The molecule has 0 atom stereocenters. The number of fused-ring (bicyclic) bond motifs is 2. The fourth-order valence-corrected chi connectivity index (χ4v) is 4.95. The Balaban J connectivity index is 1.30. The number of hydrogen-bond donors (Lipinski definition) is 2. The number of hydrogen-bond acceptors (Lipinski definition) is 7. The molecule has 4 heterocycles. The molecule has 2 aliphatic rings. The third-order valence-electron chi connectivity index (χ3n) is 7.21. The highest BCUT2D eigenvalue weighted by molar-refractivity contribution is 6.00. The average molecular weight is 544 g/mol. The number of amides is 1. The van der Waals surface area contributed by atoms with E-state index in [1.54, 1.807) is 23.9 Å². The molecule has 2 N–H and O–H groups in total. The second-order valence-electron chi connectivity index (χ2n) is 10.0. The number of aryl methyl sites for hydroxylation is 1. The van der Waals surface area contributed by atoms with Gasteiger partial charge in [-0.05, 0) is 42.3 Å². The second-order valence-corrected chi connectivity index (χ2v) is 10.0. The number of anilines is 2. The molecule has 6 rings (SSSR count). The van der Waals surface area contributed by atoms with E-state index in [0.717, 1.165) is 49.4 Å². The molecule has 1 amide bonds. The molecule has 2 aromatic heterocycles. The second kappa shape index (κ2) is 9.83. The minimum absolute atomic E-state index is 0.360. The third-order valence-corrected chi connectivity index (χ3v) is 7.21. The van der Waals surface area contributed by atoms with E-state index in [1.807, 2.05) is 49.4 Å². The Bertz CT molecular complexity index is 1670. The molecule has 0 spiro atoms. The summed E-state index contributed by atoms with van der Waals surface area (Å²) in [6, 6.07) is 15.4. The van der Waals surface area contributed by atoms with E-state index in [9.17, 15) is 13.6 Å². The van der Waals surface area contributed by atoms with Gasteiger partial charge in [-0.25, -0.2) is 18.7 Å². The van der Waals surface area contributed by atoms with Crippen molar-refractivity contribution in [2.75, 3.05) is 18.4 Å². The lowest BCUT2D eigenvalue weighted by atomic mass is 10.1. The molecule has 4 aromatic rings. The van der Waals surface area contributed by atoms with Crippen LogP contribution in [0.3, 0.4) is 0 Å². The highest BCUT2D eigenvalue weighted by atomic mass is 19.3. The number of carbonyl (C=O) groups excluding carboxylic acids is 1. The van der Waals surface area contributed by atoms with Crippen molar-refractivity contribution in [1.29, 1.82) is 0 Å². The van der Waals surface area contributed by atoms with Gasteiger partial charge in [-0.15, -0.1) is 0 Å². The lowest BCUT2D eigenvalue weighted by molar-refractivity contribution is -0.113. The summed E-state index contributed by atoms with van der Waals surface area (Å²) in [5, 5.41) is 7.87. The molecule has 1 saturated heterocycles. The fourth-order valence-electron chi connectivity index (χ4n) is 4.95. The Labute approximate surface area is 229 Å². The maximum atomic E-state index is 13.3. The van der Waals surface area contributed by atoms with Crippen LogP contribution in [0.25, 0.3) is 27.9 Å². The topological polar surface area (TPSA) is 96.7 Å². The fraction of sp³-hybridized carbons (Fsp3) is 0.241. The van der Waals surface area contributed by atoms with Gasteiger partial charge < -0.3 is 19.5 Å². The highest BCUT2D eigenvalue weighted by Gasteiger charge is 2.46. The predicted molar refractivity (Wildman–Crippen MR) is 149 cm³/mol. The molecule has 2 aliphatic heterocycles. The van der Waals surface area contributed by atoms with Crippen LogP contribution in [0.4, 0.5) is 20.3 Å². The average Bonchev–Trinajstić information content (AvgIpc) is 3.54. The normalized spacial score (nSPS) is 16.0. The molecule has 1 fully saturated rings. The number of halogens is 2. The Morgan fingerprint density at radius 3 is 2.62 bits per heavy atom. The monoisotopic (exact) mass is 543 g/mol. The SMILES string of the molecule is C=NN/C=C(\C)c1ccc(Nc2nc(-c3ccc4cc(C(=O)N5CC(F)(F)C5)n(C)c4c3)nc3c2COC3)cc1. The summed E-state index contributed by atoms with van der Waals surface area (Å²) < 4.78 is 34.1. The number of carbonyl (C=O) groups is 1. The molecule has 0 unspecified atom stereocenters. The first-order chi connectivity index (χ1) is 19.2. The molecule has 0 bridgehead atoms. The summed E-state index contributed by atoms with van der Waals surface area (Å²) >= 11 is 0. The van der Waals surface area contributed by atoms with E-state index in [2.05, 4.69) is 22.6 Å². The minimum Gasteiger partial charge on any atom is -0.370 e. The van der Waals surface area contributed by atoms with Gasteiger partial charge >= 0.3 is 0 Å². The number of rotatable bonds is 7. The van der Waals surface area contributed by atoms with Gasteiger partial charge in [0.2, 0.25) is 0 Å². The standard InChI is InChI=1S/C29H27F2N7O2/c1-17(12-33-32-2)18-6-8-21(9-7-18)34-27-22-13-40-14-23(22)35-26(36-27)20-5-4-19-10-25(37(3)24(19)11-20)28(39)38-15-29(30,31)16-38/h4-12,33H,2,13-16H2,1,3H3,(H,34,35,36)/b17-12+. The maximum Gasteiger partial charge on any atom is 0.282 e. The van der Waals surface area contributed by atoms with Crippen molar-refractivity contribution >= 4 is 40.6 Å². The van der Waals surface area contributed by atoms with Gasteiger partial charge in [0, 0.05) is 47.7 Å². The van der Waals surface area contributed by atoms with E-state index in [-0.39, 0.29) is 0 Å². The maximum absolute atomic E-state index is 13.3. The van der Waals surface area contributed by atoms with E-state index in [4.69, 9.17) is 14.7 Å². The number of likely N-dealkylation sites (tertiary alicyclic amines) is 1. The van der Waals surface area contributed by atoms with Crippen LogP contribution in [0.1, 0.15) is 34.2 Å². The smallest absolute Gasteiger partial charge is 0.282 e. The summed E-state index contributed by atoms with van der Waals surface area (Å²) in [6.45, 7) is 5.08. The Morgan fingerprint density at radius 2 is 1.90 bits per heavy atom. The number of nitrogens with zero attached hydrogens (tertiary/aromatic N) is 5. The summed E-state index contributed by atoms with van der Waals surface area (Å²) in [5.41, 5.74) is 9.28. The lowest BCUT2D eigenvalue weighted by Gasteiger charge is -2.38. The molecule has 0 radical (unpaired) electrons. The van der Waals surface area contributed by atoms with Gasteiger partial charge in [0.25, 0.3) is 11.8 Å². The summed E-state index contributed by atoms with van der Waals surface area (Å²) in [7, 11) is 1.76. The van der Waals surface area contributed by atoms with Crippen LogP contribution >= 0.6 is 0 Å². The molecular formula is C29H27F2N7O2. The molecule has 2 aromatic carbocycles. The largest absolute Gasteiger partial charge is 0.370 e. The van der Waals surface area contributed by atoms with E-state index >= 15 is 0 Å². The van der Waals surface area contributed by atoms with Crippen LogP contribution in [0.15, 0.2) is 59.8 Å². The van der Waals surface area contributed by atoms with Crippen molar-refractivity contribution in [2.45, 2.75) is 26.1 Å². The van der Waals surface area contributed by atoms with E-state index in [1.165, 1.54) is 0 Å². The van der Waals surface area contributed by atoms with Crippen LogP contribution in [0.5, 0.6) is 0 Å². The van der Waals surface area contributed by atoms with Crippen LogP contribution < -0.4 is 10.7 Å². The predicted octanol–water partition coefficient (Wildman–Crippen LogP) is 5.07. The number of benzene rings is 2. The van der Waals surface area contributed by atoms with Gasteiger partial charge in [0.1, 0.15) is 11.5 Å². The molecule has 0 aliphatic carbocycles. The van der Waals surface area contributed by atoms with Crippen molar-refractivity contribution in [3.05, 3.63) is 77.2 Å². The van der Waals surface area contributed by atoms with Gasteiger partial charge in [-0.2, -0.15) is 5.10 Å². The number of nitrogens with one attached hydrogen (secondary N) is 2. The highest BCUT2D eigenvalue weighted by Crippen LogP contribution is 2.33. The van der Waals surface area contributed by atoms with Crippen molar-refractivity contribution in [3.63, 3.8) is 0 Å². The zero-order valence-corrected chi connectivity index (χ0v) is 22.0. The molecule has 9 nitrogen and oxygen atoms in total. The number of aromatic nitrogens is 3. The molecule has 40 heavy (non-hydrogen) atoms. The van der Waals surface area contributed by atoms with Crippen LogP contribution in [0.2, 0.25) is 0 Å². The van der Waals surface area contributed by atoms with E-state index < -0.39 is 24.9 Å². The first-order valence-corrected chi connectivity index (χ1v) is 12.7. The van der Waals surface area contributed by atoms with Crippen LogP contribution in [0, 0.1) is 0 Å². The van der Waals surface area contributed by atoms with Crippen molar-refractivity contribution in [2.24, 2.45) is 12.1 Å². The number of alkyl halides is 2. The quantitative estimate of drug-likeness (QED) is 0.250. The Morgan fingerprint density at radius 1 is 1.12 bits per heavy atom. The van der Waals surface area contributed by atoms with Crippen molar-refractivity contribution in [3.8, 4) is 11.4 Å². The van der Waals surface area contributed by atoms with Gasteiger partial charge in [-0.3, -0.25) is 10.2 Å². The summed E-state index contributed by atoms with van der Waals surface area (Å²) in [6.07, 6.45) is 1.78. The minimum atomic E-state index is -2.81. The van der Waals surface area contributed by atoms with Crippen molar-refractivity contribution < 1.29 is 18.3 Å². The number of allylic oxidation sites excluding steroid dienone is 1. The first kappa shape index (κ1) is 25.6. The zero-order valence-electron chi connectivity index (χ0n) is 22.0. The zero-order chi connectivity index (χ0) is 28.0. The summed E-state index contributed by atoms with van der Waals surface area (Å²) in [4.78, 5) is 23.6. The van der Waals surface area contributed by atoms with Gasteiger partial charge in [0.15, 0.2) is 5.82 Å². The third kappa shape index (κ3) is 4.68.